The van der Waals surface area contributed by atoms with Crippen molar-refractivity contribution >= 4 is 17.0 Å². The molecular weight excluding hydrogens is 357 g/mol. The standard InChI is InChI=1S/C22H18FN3O2/c23-18-7-1-6-17(12-18)22-26-19-13-16(8-9-20(19)28-22)21(27)25-11-3-5-15-4-2-10-24-14-15/h1-2,4,6-10,12-14H,3,5,11H2,(H,25,27). The predicted molar refractivity (Wildman–Crippen MR) is 104 cm³/mol. The number of aromatic nitrogens is 2. The molecule has 4 rings (SSSR count). The molecule has 140 valence electrons. The molecule has 0 unspecified atom stereocenters. The fourth-order valence-corrected chi connectivity index (χ4v) is 2.96. The number of hydrogen-bond acceptors (Lipinski definition) is 4. The Morgan fingerprint density at radius 1 is 1.11 bits per heavy atom. The number of fused-ring (bicyclic) bond motifs is 1. The molecular formula is C22H18FN3O2. The molecule has 0 saturated carbocycles. The van der Waals surface area contributed by atoms with E-state index in [1.165, 1.54) is 12.1 Å². The second kappa shape index (κ2) is 8.00. The van der Waals surface area contributed by atoms with Crippen LogP contribution >= 0.6 is 0 Å². The molecule has 4 aromatic rings. The molecule has 2 heterocycles. The summed E-state index contributed by atoms with van der Waals surface area (Å²) in [4.78, 5) is 20.9. The van der Waals surface area contributed by atoms with Crippen molar-refractivity contribution in [2.45, 2.75) is 12.8 Å². The van der Waals surface area contributed by atoms with Crippen molar-refractivity contribution in [2.75, 3.05) is 6.54 Å². The van der Waals surface area contributed by atoms with Gasteiger partial charge < -0.3 is 9.73 Å². The van der Waals surface area contributed by atoms with Gasteiger partial charge in [-0.05, 0) is 60.9 Å². The molecule has 0 saturated heterocycles. The van der Waals surface area contributed by atoms with E-state index in [0.717, 1.165) is 18.4 Å². The van der Waals surface area contributed by atoms with Crippen molar-refractivity contribution in [1.82, 2.24) is 15.3 Å². The molecule has 0 aliphatic carbocycles. The third-order valence-electron chi connectivity index (χ3n) is 4.37. The fourth-order valence-electron chi connectivity index (χ4n) is 2.96. The Hall–Kier alpha value is -3.54. The number of nitrogens with zero attached hydrogens (tertiary/aromatic N) is 2. The van der Waals surface area contributed by atoms with E-state index in [1.54, 1.807) is 36.5 Å². The highest BCUT2D eigenvalue weighted by molar-refractivity contribution is 5.97. The number of rotatable bonds is 6. The van der Waals surface area contributed by atoms with Gasteiger partial charge in [0.25, 0.3) is 5.91 Å². The first-order valence-corrected chi connectivity index (χ1v) is 9.03. The predicted octanol–water partition coefficient (Wildman–Crippen LogP) is 4.39. The summed E-state index contributed by atoms with van der Waals surface area (Å²) in [6.45, 7) is 0.569. The van der Waals surface area contributed by atoms with Gasteiger partial charge in [-0.15, -0.1) is 0 Å². The average molecular weight is 375 g/mol. The van der Waals surface area contributed by atoms with Crippen LogP contribution < -0.4 is 5.32 Å². The molecule has 0 spiro atoms. The summed E-state index contributed by atoms with van der Waals surface area (Å²) in [6.07, 6.45) is 5.25. The van der Waals surface area contributed by atoms with Gasteiger partial charge in [-0.1, -0.05) is 12.1 Å². The zero-order valence-corrected chi connectivity index (χ0v) is 15.1. The van der Waals surface area contributed by atoms with Crippen molar-refractivity contribution in [3.05, 3.63) is 83.9 Å². The van der Waals surface area contributed by atoms with Crippen molar-refractivity contribution in [3.8, 4) is 11.5 Å². The number of hydrogen-bond donors (Lipinski definition) is 1. The van der Waals surface area contributed by atoms with Crippen molar-refractivity contribution in [3.63, 3.8) is 0 Å². The first-order chi connectivity index (χ1) is 13.7. The van der Waals surface area contributed by atoms with E-state index in [-0.39, 0.29) is 11.7 Å². The van der Waals surface area contributed by atoms with Crippen LogP contribution in [0.25, 0.3) is 22.6 Å². The Labute approximate surface area is 161 Å². The highest BCUT2D eigenvalue weighted by atomic mass is 19.1. The van der Waals surface area contributed by atoms with Crippen molar-refractivity contribution in [1.29, 1.82) is 0 Å². The molecule has 2 aromatic heterocycles. The third-order valence-corrected chi connectivity index (χ3v) is 4.37. The SMILES string of the molecule is O=C(NCCCc1cccnc1)c1ccc2oc(-c3cccc(F)c3)nc2c1. The minimum Gasteiger partial charge on any atom is -0.436 e. The van der Waals surface area contributed by atoms with Gasteiger partial charge in [0, 0.05) is 30.1 Å². The van der Waals surface area contributed by atoms with Gasteiger partial charge in [-0.25, -0.2) is 9.37 Å². The maximum atomic E-state index is 13.4. The molecule has 28 heavy (non-hydrogen) atoms. The number of pyridine rings is 1. The molecule has 0 aliphatic rings. The third kappa shape index (κ3) is 4.06. The van der Waals surface area contributed by atoms with Crippen molar-refractivity contribution < 1.29 is 13.6 Å². The van der Waals surface area contributed by atoms with Crippen LogP contribution in [0.15, 0.2) is 71.4 Å². The lowest BCUT2D eigenvalue weighted by molar-refractivity contribution is 0.0953. The zero-order valence-electron chi connectivity index (χ0n) is 15.1. The lowest BCUT2D eigenvalue weighted by Crippen LogP contribution is -2.24. The first-order valence-electron chi connectivity index (χ1n) is 9.03. The fraction of sp³-hybridized carbons (Fsp3) is 0.136. The molecule has 0 radical (unpaired) electrons. The largest absolute Gasteiger partial charge is 0.436 e. The van der Waals surface area contributed by atoms with E-state index < -0.39 is 0 Å². The first kappa shape index (κ1) is 17.9. The second-order valence-corrected chi connectivity index (χ2v) is 6.43. The van der Waals surface area contributed by atoms with Crippen LogP contribution in [-0.2, 0) is 6.42 Å². The lowest BCUT2D eigenvalue weighted by Gasteiger charge is -2.05. The van der Waals surface area contributed by atoms with Gasteiger partial charge in [0.05, 0.1) is 0 Å². The van der Waals surface area contributed by atoms with Crippen LogP contribution in [0, 0.1) is 5.82 Å². The molecule has 0 fully saturated rings. The molecule has 2 aromatic carbocycles. The number of nitrogens with one attached hydrogen (secondary N) is 1. The summed E-state index contributed by atoms with van der Waals surface area (Å²) in [6, 6.07) is 15.0. The second-order valence-electron chi connectivity index (χ2n) is 6.43. The van der Waals surface area contributed by atoms with Crippen LogP contribution in [0.1, 0.15) is 22.3 Å². The van der Waals surface area contributed by atoms with Crippen LogP contribution in [0.2, 0.25) is 0 Å². The summed E-state index contributed by atoms with van der Waals surface area (Å²) in [5.74, 6) is -0.196. The summed E-state index contributed by atoms with van der Waals surface area (Å²) in [7, 11) is 0. The molecule has 1 N–H and O–H groups in total. The van der Waals surface area contributed by atoms with E-state index in [9.17, 15) is 9.18 Å². The highest BCUT2D eigenvalue weighted by Crippen LogP contribution is 2.25. The molecule has 1 amide bonds. The normalized spacial score (nSPS) is 10.9. The van der Waals surface area contributed by atoms with Gasteiger partial charge in [0.1, 0.15) is 11.3 Å². The lowest BCUT2D eigenvalue weighted by atomic mass is 10.1. The summed E-state index contributed by atoms with van der Waals surface area (Å²) in [5, 5.41) is 2.91. The van der Waals surface area contributed by atoms with E-state index >= 15 is 0 Å². The number of aryl methyl sites for hydroxylation is 1. The topological polar surface area (TPSA) is 68.0 Å². The monoisotopic (exact) mass is 375 g/mol. The number of oxazole rings is 1. The van der Waals surface area contributed by atoms with E-state index in [4.69, 9.17) is 4.42 Å². The number of carbonyl (C=O) groups excluding carboxylic acids is 1. The van der Waals surface area contributed by atoms with Gasteiger partial charge in [-0.2, -0.15) is 0 Å². The quantitative estimate of drug-likeness (QED) is 0.508. The van der Waals surface area contributed by atoms with Crippen LogP contribution in [-0.4, -0.2) is 22.4 Å². The van der Waals surface area contributed by atoms with Crippen molar-refractivity contribution in [2.24, 2.45) is 0 Å². The Balaban J connectivity index is 1.41. The van der Waals surface area contributed by atoms with Crippen LogP contribution in [0.3, 0.4) is 0 Å². The van der Waals surface area contributed by atoms with Gasteiger partial charge in [0.2, 0.25) is 5.89 Å². The van der Waals surface area contributed by atoms with E-state index in [0.29, 0.717) is 34.7 Å². The minimum atomic E-state index is -0.355. The molecule has 5 nitrogen and oxygen atoms in total. The van der Waals surface area contributed by atoms with Crippen LogP contribution in [0.5, 0.6) is 0 Å². The molecule has 0 bridgehead atoms. The Kier molecular flexibility index (Phi) is 5.10. The number of halogens is 1. The maximum Gasteiger partial charge on any atom is 0.251 e. The number of carbonyl (C=O) groups is 1. The molecule has 0 atom stereocenters. The van der Waals surface area contributed by atoms with Crippen LogP contribution in [0.4, 0.5) is 4.39 Å². The zero-order chi connectivity index (χ0) is 19.3. The minimum absolute atomic E-state index is 0.164. The number of amides is 1. The molecule has 6 heteroatoms. The summed E-state index contributed by atoms with van der Waals surface area (Å²) < 4.78 is 19.1. The summed E-state index contributed by atoms with van der Waals surface area (Å²) in [5.41, 5.74) is 3.31. The summed E-state index contributed by atoms with van der Waals surface area (Å²) >= 11 is 0. The van der Waals surface area contributed by atoms with Gasteiger partial charge >= 0.3 is 0 Å². The van der Waals surface area contributed by atoms with E-state index in [1.807, 2.05) is 18.3 Å². The smallest absolute Gasteiger partial charge is 0.251 e. The highest BCUT2D eigenvalue weighted by Gasteiger charge is 2.12. The Morgan fingerprint density at radius 3 is 2.86 bits per heavy atom. The van der Waals surface area contributed by atoms with E-state index in [2.05, 4.69) is 15.3 Å². The Bertz CT molecular complexity index is 1110. The number of benzene rings is 2. The Morgan fingerprint density at radius 2 is 2.04 bits per heavy atom. The molecule has 0 aliphatic heterocycles. The maximum absolute atomic E-state index is 13.4. The average Bonchev–Trinajstić information content (AvgIpc) is 3.15. The van der Waals surface area contributed by atoms with Gasteiger partial charge in [-0.3, -0.25) is 9.78 Å². The van der Waals surface area contributed by atoms with Gasteiger partial charge in [0.15, 0.2) is 5.58 Å².